The molecule has 2 fully saturated rings. The van der Waals surface area contributed by atoms with Gasteiger partial charge in [-0.3, -0.25) is 9.78 Å². The molecule has 4 rings (SSSR count). The topological polar surface area (TPSA) is 106 Å². The fourth-order valence-corrected chi connectivity index (χ4v) is 5.51. The van der Waals surface area contributed by atoms with Crippen molar-refractivity contribution in [3.63, 3.8) is 0 Å². The molecule has 0 radical (unpaired) electrons. The van der Waals surface area contributed by atoms with Crippen molar-refractivity contribution in [1.82, 2.24) is 24.2 Å². The minimum atomic E-state index is -3.73. The second-order valence-corrected chi connectivity index (χ2v) is 9.74. The van der Waals surface area contributed by atoms with Gasteiger partial charge in [-0.1, -0.05) is 0 Å². The molecule has 0 aromatic carbocycles. The summed E-state index contributed by atoms with van der Waals surface area (Å²) < 4.78 is 33.3. The fourth-order valence-electron chi connectivity index (χ4n) is 3.98. The monoisotopic (exact) mass is 445 g/mol. The van der Waals surface area contributed by atoms with Crippen LogP contribution in [0.3, 0.4) is 0 Å². The van der Waals surface area contributed by atoms with E-state index < -0.39 is 10.0 Å². The number of aryl methyl sites for hydroxylation is 1. The maximum atomic E-state index is 13.1. The largest absolute Gasteiger partial charge is 0.378 e. The number of carbonyl (C=O) groups excluding carboxylic acids is 1. The third kappa shape index (κ3) is 4.91. The first kappa shape index (κ1) is 21.8. The Kier molecular flexibility index (Phi) is 6.59. The van der Waals surface area contributed by atoms with E-state index in [0.717, 1.165) is 31.4 Å². The first-order valence-electron chi connectivity index (χ1n) is 10.6. The highest BCUT2D eigenvalue weighted by atomic mass is 32.2. The number of piperazine rings is 1. The number of amides is 1. The number of nitrogens with zero attached hydrogens (tertiary/aromatic N) is 5. The third-order valence-corrected chi connectivity index (χ3v) is 7.79. The zero-order valence-electron chi connectivity index (χ0n) is 17.6. The lowest BCUT2D eigenvalue weighted by molar-refractivity contribution is -0.133. The number of pyridine rings is 1. The van der Waals surface area contributed by atoms with E-state index in [0.29, 0.717) is 31.0 Å². The molecule has 2 aromatic rings. The van der Waals surface area contributed by atoms with Crippen LogP contribution in [0.4, 0.5) is 0 Å². The van der Waals surface area contributed by atoms with Crippen molar-refractivity contribution in [3.8, 4) is 11.4 Å². The molecule has 0 saturated carbocycles. The lowest BCUT2D eigenvalue weighted by Gasteiger charge is -2.34. The summed E-state index contributed by atoms with van der Waals surface area (Å²) >= 11 is 0. The molecule has 2 aromatic heterocycles. The Morgan fingerprint density at radius 2 is 1.94 bits per heavy atom. The molecule has 10 heteroatoms. The molecule has 0 aliphatic carbocycles. The number of hydrogen-bond donors (Lipinski definition) is 0. The smallest absolute Gasteiger partial charge is 0.246 e. The van der Waals surface area contributed by atoms with E-state index in [2.05, 4.69) is 15.0 Å². The zero-order chi connectivity index (χ0) is 21.8. The van der Waals surface area contributed by atoms with Gasteiger partial charge >= 0.3 is 0 Å². The number of hydrogen-bond acceptors (Lipinski definition) is 7. The fraction of sp³-hybridized carbons (Fsp3) is 0.524. The minimum absolute atomic E-state index is 0.0637. The Hall–Kier alpha value is -2.43. The molecule has 2 saturated heterocycles. The van der Waals surface area contributed by atoms with Gasteiger partial charge in [0.15, 0.2) is 5.82 Å². The van der Waals surface area contributed by atoms with Gasteiger partial charge in [0, 0.05) is 57.2 Å². The second kappa shape index (κ2) is 9.37. The highest BCUT2D eigenvalue weighted by Crippen LogP contribution is 2.23. The standard InChI is InChI=1S/C21H27N5O4S/c1-16-19(15-23-21(24-16)17-6-8-22-9-7-17)31(28,29)26-12-10-25(11-13-26)20(27)5-4-18-3-2-14-30-18/h6-9,15,18H,2-5,10-14H2,1H3/t18-/m1/s1. The van der Waals surface area contributed by atoms with Gasteiger partial charge in [-0.15, -0.1) is 0 Å². The van der Waals surface area contributed by atoms with Crippen LogP contribution in [0.15, 0.2) is 35.6 Å². The van der Waals surface area contributed by atoms with Crippen molar-refractivity contribution >= 4 is 15.9 Å². The quantitative estimate of drug-likeness (QED) is 0.665. The predicted molar refractivity (Wildman–Crippen MR) is 114 cm³/mol. The van der Waals surface area contributed by atoms with Gasteiger partial charge in [0.1, 0.15) is 4.90 Å². The van der Waals surface area contributed by atoms with Gasteiger partial charge in [-0.2, -0.15) is 4.31 Å². The molecule has 1 amide bonds. The highest BCUT2D eigenvalue weighted by Gasteiger charge is 2.32. The molecule has 0 unspecified atom stereocenters. The van der Waals surface area contributed by atoms with Crippen molar-refractivity contribution in [3.05, 3.63) is 36.4 Å². The summed E-state index contributed by atoms with van der Waals surface area (Å²) in [5.41, 5.74) is 1.18. The summed E-state index contributed by atoms with van der Waals surface area (Å²) in [5.74, 6) is 0.522. The molecular formula is C21H27N5O4S. The van der Waals surface area contributed by atoms with Gasteiger partial charge in [0.25, 0.3) is 0 Å². The van der Waals surface area contributed by atoms with Crippen LogP contribution in [0.5, 0.6) is 0 Å². The number of rotatable bonds is 6. The molecule has 166 valence electrons. The SMILES string of the molecule is Cc1nc(-c2ccncc2)ncc1S(=O)(=O)N1CCN(C(=O)CC[C@H]2CCCO2)CC1. The van der Waals surface area contributed by atoms with Crippen LogP contribution in [0.1, 0.15) is 31.4 Å². The highest BCUT2D eigenvalue weighted by molar-refractivity contribution is 7.89. The molecule has 9 nitrogen and oxygen atoms in total. The normalized spacial score (nSPS) is 20.2. The van der Waals surface area contributed by atoms with Crippen molar-refractivity contribution in [2.24, 2.45) is 0 Å². The minimum Gasteiger partial charge on any atom is -0.378 e. The van der Waals surface area contributed by atoms with Gasteiger partial charge < -0.3 is 9.64 Å². The van der Waals surface area contributed by atoms with E-state index in [1.807, 2.05) is 0 Å². The van der Waals surface area contributed by atoms with Crippen LogP contribution in [0.25, 0.3) is 11.4 Å². The van der Waals surface area contributed by atoms with Crippen LogP contribution < -0.4 is 0 Å². The van der Waals surface area contributed by atoms with E-state index in [4.69, 9.17) is 4.74 Å². The Balaban J connectivity index is 1.38. The van der Waals surface area contributed by atoms with E-state index in [1.54, 1.807) is 36.4 Å². The van der Waals surface area contributed by atoms with Crippen molar-refractivity contribution < 1.29 is 17.9 Å². The molecule has 0 bridgehead atoms. The predicted octanol–water partition coefficient (Wildman–Crippen LogP) is 1.64. The second-order valence-electron chi connectivity index (χ2n) is 7.84. The number of carbonyl (C=O) groups is 1. The summed E-state index contributed by atoms with van der Waals surface area (Å²) in [6, 6.07) is 3.55. The maximum absolute atomic E-state index is 13.1. The van der Waals surface area contributed by atoms with Gasteiger partial charge in [0.2, 0.25) is 15.9 Å². The van der Waals surface area contributed by atoms with E-state index >= 15 is 0 Å². The summed E-state index contributed by atoms with van der Waals surface area (Å²) in [6.45, 7) is 3.75. The average molecular weight is 446 g/mol. The molecule has 4 heterocycles. The summed E-state index contributed by atoms with van der Waals surface area (Å²) in [4.78, 5) is 26.9. The summed E-state index contributed by atoms with van der Waals surface area (Å²) in [6.07, 6.45) is 8.08. The van der Waals surface area contributed by atoms with E-state index in [-0.39, 0.29) is 30.0 Å². The first-order chi connectivity index (χ1) is 14.9. The van der Waals surface area contributed by atoms with Gasteiger partial charge in [-0.05, 0) is 38.3 Å². The summed E-state index contributed by atoms with van der Waals surface area (Å²) in [5, 5.41) is 0. The van der Waals surface area contributed by atoms with Crippen LogP contribution in [-0.2, 0) is 19.6 Å². The first-order valence-corrected chi connectivity index (χ1v) is 12.0. The third-order valence-electron chi connectivity index (χ3n) is 5.79. The van der Waals surface area contributed by atoms with Crippen molar-refractivity contribution in [2.45, 2.75) is 43.6 Å². The zero-order valence-corrected chi connectivity index (χ0v) is 18.4. The van der Waals surface area contributed by atoms with Crippen LogP contribution in [0, 0.1) is 6.92 Å². The van der Waals surface area contributed by atoms with Crippen LogP contribution >= 0.6 is 0 Å². The van der Waals surface area contributed by atoms with Crippen molar-refractivity contribution in [1.29, 1.82) is 0 Å². The Bertz CT molecular complexity index is 1020. The summed E-state index contributed by atoms with van der Waals surface area (Å²) in [7, 11) is -3.73. The van der Waals surface area contributed by atoms with Crippen LogP contribution in [0.2, 0.25) is 0 Å². The molecule has 31 heavy (non-hydrogen) atoms. The molecule has 2 aliphatic rings. The molecule has 1 atom stereocenters. The Morgan fingerprint density at radius 1 is 1.19 bits per heavy atom. The molecule has 2 aliphatic heterocycles. The van der Waals surface area contributed by atoms with Crippen molar-refractivity contribution in [2.75, 3.05) is 32.8 Å². The number of sulfonamides is 1. The van der Waals surface area contributed by atoms with Crippen LogP contribution in [-0.4, -0.2) is 77.4 Å². The average Bonchev–Trinajstić information content (AvgIpc) is 3.31. The van der Waals surface area contributed by atoms with Gasteiger partial charge in [-0.25, -0.2) is 18.4 Å². The maximum Gasteiger partial charge on any atom is 0.246 e. The number of ether oxygens (including phenoxy) is 1. The molecule has 0 spiro atoms. The molecule has 0 N–H and O–H groups in total. The van der Waals surface area contributed by atoms with E-state index in [1.165, 1.54) is 10.5 Å². The number of aromatic nitrogens is 3. The Labute approximate surface area is 182 Å². The lowest BCUT2D eigenvalue weighted by Crippen LogP contribution is -2.50. The lowest BCUT2D eigenvalue weighted by atomic mass is 10.1. The van der Waals surface area contributed by atoms with E-state index in [9.17, 15) is 13.2 Å². The molecular weight excluding hydrogens is 418 g/mol. The van der Waals surface area contributed by atoms with Gasteiger partial charge in [0.05, 0.1) is 18.0 Å². The Morgan fingerprint density at radius 3 is 2.58 bits per heavy atom.